The van der Waals surface area contributed by atoms with Crippen LogP contribution >= 0.6 is 0 Å². The van der Waals surface area contributed by atoms with Crippen molar-refractivity contribution in [2.45, 2.75) is 19.3 Å². The van der Waals surface area contributed by atoms with Gasteiger partial charge in [-0.1, -0.05) is 6.08 Å². The molecule has 0 unspecified atom stereocenters. The van der Waals surface area contributed by atoms with Crippen LogP contribution < -0.4 is 0 Å². The van der Waals surface area contributed by atoms with Gasteiger partial charge in [-0.15, -0.1) is 0 Å². The van der Waals surface area contributed by atoms with Crippen molar-refractivity contribution in [1.29, 1.82) is 5.26 Å². The number of rotatable bonds is 9. The SMILES string of the molecule is CN(C)CCC=C(C#N)C(=O)OCCCCS(=O)(=O)O. The number of nitriles is 1. The van der Waals surface area contributed by atoms with Gasteiger partial charge in [0.15, 0.2) is 0 Å². The standard InChI is InChI=1S/C12H20N2O5S/c1-14(2)7-5-6-11(10-13)12(15)19-8-3-4-9-20(16,17)18/h6H,3-5,7-9H2,1-2H3,(H,16,17,18). The summed E-state index contributed by atoms with van der Waals surface area (Å²) in [5.41, 5.74) is -0.0540. The lowest BCUT2D eigenvalue weighted by Gasteiger charge is -2.06. The molecule has 20 heavy (non-hydrogen) atoms. The van der Waals surface area contributed by atoms with E-state index in [1.807, 2.05) is 19.0 Å². The highest BCUT2D eigenvalue weighted by atomic mass is 32.2. The molecule has 0 fully saturated rings. The third-order valence-corrected chi connectivity index (χ3v) is 3.10. The van der Waals surface area contributed by atoms with Gasteiger partial charge in [0.1, 0.15) is 11.6 Å². The van der Waals surface area contributed by atoms with Gasteiger partial charge in [0.05, 0.1) is 12.4 Å². The van der Waals surface area contributed by atoms with E-state index in [-0.39, 0.29) is 24.4 Å². The second-order valence-electron chi connectivity index (χ2n) is 4.45. The number of esters is 1. The Hall–Kier alpha value is -1.43. The number of hydrogen-bond donors (Lipinski definition) is 1. The van der Waals surface area contributed by atoms with E-state index in [9.17, 15) is 13.2 Å². The molecule has 0 aromatic heterocycles. The van der Waals surface area contributed by atoms with Crippen molar-refractivity contribution in [1.82, 2.24) is 4.90 Å². The molecule has 0 aromatic carbocycles. The summed E-state index contributed by atoms with van der Waals surface area (Å²) in [6.07, 6.45) is 2.58. The molecule has 0 saturated heterocycles. The lowest BCUT2D eigenvalue weighted by atomic mass is 10.2. The first kappa shape index (κ1) is 18.6. The fourth-order valence-corrected chi connectivity index (χ4v) is 1.84. The van der Waals surface area contributed by atoms with Crippen LogP contribution in [0.5, 0.6) is 0 Å². The topological polar surface area (TPSA) is 108 Å². The highest BCUT2D eigenvalue weighted by Gasteiger charge is 2.10. The van der Waals surface area contributed by atoms with Crippen molar-refractivity contribution in [2.24, 2.45) is 0 Å². The van der Waals surface area contributed by atoms with Crippen LogP contribution in [0.25, 0.3) is 0 Å². The smallest absolute Gasteiger partial charge is 0.348 e. The molecule has 0 spiro atoms. The number of nitrogens with zero attached hydrogens (tertiary/aromatic N) is 2. The number of carbonyl (C=O) groups excluding carboxylic acids is 1. The lowest BCUT2D eigenvalue weighted by molar-refractivity contribution is -0.138. The zero-order valence-corrected chi connectivity index (χ0v) is 12.5. The van der Waals surface area contributed by atoms with Crippen LogP contribution in [0.1, 0.15) is 19.3 Å². The van der Waals surface area contributed by atoms with Gasteiger partial charge in [-0.3, -0.25) is 4.55 Å². The number of unbranched alkanes of at least 4 members (excludes halogenated alkanes) is 1. The van der Waals surface area contributed by atoms with Gasteiger partial charge in [-0.2, -0.15) is 13.7 Å². The van der Waals surface area contributed by atoms with Crippen LogP contribution in [0, 0.1) is 11.3 Å². The van der Waals surface area contributed by atoms with E-state index < -0.39 is 16.1 Å². The lowest BCUT2D eigenvalue weighted by Crippen LogP contribution is -2.13. The molecule has 1 N–H and O–H groups in total. The second-order valence-corrected chi connectivity index (χ2v) is 6.02. The Morgan fingerprint density at radius 2 is 2.05 bits per heavy atom. The Balaban J connectivity index is 4.02. The molecule has 0 saturated carbocycles. The molecule has 0 aliphatic heterocycles. The third-order valence-electron chi connectivity index (χ3n) is 2.29. The van der Waals surface area contributed by atoms with Crippen molar-refractivity contribution in [3.8, 4) is 6.07 Å². The van der Waals surface area contributed by atoms with Crippen LogP contribution in [0.2, 0.25) is 0 Å². The minimum atomic E-state index is -3.97. The minimum Gasteiger partial charge on any atom is -0.462 e. The maximum Gasteiger partial charge on any atom is 0.348 e. The maximum absolute atomic E-state index is 11.5. The second kappa shape index (κ2) is 9.47. The fraction of sp³-hybridized carbons (Fsp3) is 0.667. The summed E-state index contributed by atoms with van der Waals surface area (Å²) >= 11 is 0. The van der Waals surface area contributed by atoms with Gasteiger partial charge in [0.25, 0.3) is 10.1 Å². The quantitative estimate of drug-likeness (QED) is 0.218. The molecule has 8 heteroatoms. The van der Waals surface area contributed by atoms with Gasteiger partial charge < -0.3 is 9.64 Å². The predicted octanol–water partition coefficient (Wildman–Crippen LogP) is 0.599. The Morgan fingerprint density at radius 1 is 1.40 bits per heavy atom. The van der Waals surface area contributed by atoms with Crippen molar-refractivity contribution in [2.75, 3.05) is 33.0 Å². The first-order valence-corrected chi connectivity index (χ1v) is 7.74. The zero-order chi connectivity index (χ0) is 15.6. The highest BCUT2D eigenvalue weighted by Crippen LogP contribution is 2.02. The predicted molar refractivity (Wildman–Crippen MR) is 73.5 cm³/mol. The van der Waals surface area contributed by atoms with Crippen LogP contribution in [0.3, 0.4) is 0 Å². The van der Waals surface area contributed by atoms with Gasteiger partial charge in [0.2, 0.25) is 0 Å². The highest BCUT2D eigenvalue weighted by molar-refractivity contribution is 7.85. The van der Waals surface area contributed by atoms with Gasteiger partial charge in [0, 0.05) is 6.54 Å². The van der Waals surface area contributed by atoms with E-state index in [0.29, 0.717) is 19.4 Å². The average molecular weight is 304 g/mol. The number of ether oxygens (including phenoxy) is 1. The summed E-state index contributed by atoms with van der Waals surface area (Å²) < 4.78 is 34.2. The Kier molecular flexibility index (Phi) is 8.79. The summed E-state index contributed by atoms with van der Waals surface area (Å²) in [6.45, 7) is 0.730. The van der Waals surface area contributed by atoms with E-state index in [2.05, 4.69) is 0 Å². The summed E-state index contributed by atoms with van der Waals surface area (Å²) in [6, 6.07) is 1.77. The Morgan fingerprint density at radius 3 is 2.55 bits per heavy atom. The molecule has 0 bridgehead atoms. The molecule has 0 atom stereocenters. The van der Waals surface area contributed by atoms with Crippen LogP contribution in [0.15, 0.2) is 11.6 Å². The van der Waals surface area contributed by atoms with E-state index in [1.54, 1.807) is 6.07 Å². The Labute approximate surface area is 119 Å². The third kappa shape index (κ3) is 10.5. The van der Waals surface area contributed by atoms with Crippen molar-refractivity contribution < 1.29 is 22.5 Å². The molecule has 0 aliphatic rings. The molecule has 0 heterocycles. The summed E-state index contributed by atoms with van der Waals surface area (Å²) in [5, 5.41) is 8.83. The van der Waals surface area contributed by atoms with Gasteiger partial charge in [-0.25, -0.2) is 4.79 Å². The molecular formula is C12H20N2O5S. The van der Waals surface area contributed by atoms with Crippen molar-refractivity contribution in [3.05, 3.63) is 11.6 Å². The van der Waals surface area contributed by atoms with Crippen LogP contribution in [0.4, 0.5) is 0 Å². The summed E-state index contributed by atoms with van der Waals surface area (Å²) in [4.78, 5) is 13.4. The van der Waals surface area contributed by atoms with Crippen LogP contribution in [-0.4, -0.2) is 56.8 Å². The fourth-order valence-electron chi connectivity index (χ4n) is 1.27. The first-order chi connectivity index (χ1) is 9.26. The first-order valence-electron chi connectivity index (χ1n) is 6.13. The molecule has 0 rings (SSSR count). The van der Waals surface area contributed by atoms with Gasteiger partial charge in [-0.05, 0) is 33.4 Å². The largest absolute Gasteiger partial charge is 0.462 e. The Bertz CT molecular complexity index is 477. The van der Waals surface area contributed by atoms with Crippen molar-refractivity contribution >= 4 is 16.1 Å². The molecule has 7 nitrogen and oxygen atoms in total. The van der Waals surface area contributed by atoms with E-state index in [0.717, 1.165) is 0 Å². The average Bonchev–Trinajstić information content (AvgIpc) is 2.32. The normalized spacial score (nSPS) is 12.2. The van der Waals surface area contributed by atoms with Gasteiger partial charge >= 0.3 is 5.97 Å². The van der Waals surface area contributed by atoms with Crippen molar-refractivity contribution in [3.63, 3.8) is 0 Å². The molecule has 0 aromatic rings. The van der Waals surface area contributed by atoms with E-state index in [4.69, 9.17) is 14.6 Å². The molecule has 114 valence electrons. The minimum absolute atomic E-state index is 0.0149. The summed E-state index contributed by atoms with van der Waals surface area (Å²) in [7, 11) is -0.210. The number of carbonyl (C=O) groups is 1. The molecule has 0 aliphatic carbocycles. The molecular weight excluding hydrogens is 284 g/mol. The summed E-state index contributed by atoms with van der Waals surface area (Å²) in [5.74, 6) is -1.08. The molecule has 0 amide bonds. The van der Waals surface area contributed by atoms with E-state index in [1.165, 1.54) is 6.08 Å². The zero-order valence-electron chi connectivity index (χ0n) is 11.7. The molecule has 0 radical (unpaired) electrons. The monoisotopic (exact) mass is 304 g/mol. The number of hydrogen-bond acceptors (Lipinski definition) is 6. The van der Waals surface area contributed by atoms with E-state index >= 15 is 0 Å². The maximum atomic E-state index is 11.5. The van der Waals surface area contributed by atoms with Crippen LogP contribution in [-0.2, 0) is 19.6 Å².